The van der Waals surface area contributed by atoms with Crippen LogP contribution in [0, 0.1) is 24.1 Å². The Morgan fingerprint density at radius 1 is 1.13 bits per heavy atom. The molecule has 3 rings (SSSR count). The number of ether oxygens (including phenoxy) is 1. The maximum Gasteiger partial charge on any atom is 0.132 e. The average molecular weight is 307 g/mol. The number of nitrogens with zero attached hydrogens (tertiary/aromatic N) is 3. The lowest BCUT2D eigenvalue weighted by molar-refractivity contribution is 0.297. The first kappa shape index (κ1) is 14.8. The molecule has 0 aliphatic carbocycles. The van der Waals surface area contributed by atoms with Crippen molar-refractivity contribution >= 4 is 0 Å². The largest absolute Gasteiger partial charge is 0.487 e. The van der Waals surface area contributed by atoms with Crippen molar-refractivity contribution in [3.63, 3.8) is 0 Å². The van der Waals surface area contributed by atoms with E-state index in [9.17, 15) is 9.65 Å². The number of hydrogen-bond acceptors (Lipinski definition) is 3. The molecule has 0 N–H and O–H groups in total. The number of halogens is 1. The van der Waals surface area contributed by atoms with Gasteiger partial charge in [0, 0.05) is 0 Å². The maximum atomic E-state index is 13.1. The molecule has 0 aliphatic rings. The van der Waals surface area contributed by atoms with Crippen molar-refractivity contribution in [2.75, 3.05) is 0 Å². The lowest BCUT2D eigenvalue weighted by atomic mass is 10.2. The van der Waals surface area contributed by atoms with Crippen molar-refractivity contribution in [2.24, 2.45) is 0 Å². The van der Waals surface area contributed by atoms with Gasteiger partial charge in [-0.1, -0.05) is 18.2 Å². The normalized spacial score (nSPS) is 10.3. The topological polar surface area (TPSA) is 50.8 Å². The predicted molar refractivity (Wildman–Crippen MR) is 83.7 cm³/mol. The zero-order valence-electron chi connectivity index (χ0n) is 12.5. The highest BCUT2D eigenvalue weighted by atomic mass is 19.1. The molecule has 0 radical (unpaired) electrons. The summed E-state index contributed by atoms with van der Waals surface area (Å²) in [7, 11) is 0. The van der Waals surface area contributed by atoms with Crippen LogP contribution in [-0.4, -0.2) is 9.78 Å². The second-order valence-electron chi connectivity index (χ2n) is 5.01. The van der Waals surface area contributed by atoms with Gasteiger partial charge < -0.3 is 4.74 Å². The Labute approximate surface area is 133 Å². The fourth-order valence-electron chi connectivity index (χ4n) is 2.32. The van der Waals surface area contributed by atoms with Gasteiger partial charge in [0.2, 0.25) is 0 Å². The van der Waals surface area contributed by atoms with Gasteiger partial charge in [-0.25, -0.2) is 9.07 Å². The first-order valence-electron chi connectivity index (χ1n) is 7.11. The number of nitriles is 1. The van der Waals surface area contributed by atoms with Crippen LogP contribution < -0.4 is 4.74 Å². The average Bonchev–Trinajstić information content (AvgIpc) is 2.90. The molecule has 1 aromatic heterocycles. The van der Waals surface area contributed by atoms with Crippen molar-refractivity contribution in [3.8, 4) is 17.5 Å². The highest BCUT2D eigenvalue weighted by Gasteiger charge is 2.17. The van der Waals surface area contributed by atoms with E-state index in [1.54, 1.807) is 23.7 Å². The first-order valence-corrected chi connectivity index (χ1v) is 7.11. The zero-order valence-corrected chi connectivity index (χ0v) is 12.5. The Balaban J connectivity index is 1.97. The molecule has 0 unspecified atom stereocenters. The second-order valence-corrected chi connectivity index (χ2v) is 5.01. The van der Waals surface area contributed by atoms with Crippen LogP contribution in [0.4, 0.5) is 4.39 Å². The molecule has 0 saturated heterocycles. The van der Waals surface area contributed by atoms with Crippen LogP contribution >= 0.6 is 0 Å². The SMILES string of the molecule is Cc1nn(-c2ccc(F)cc2)c(COc2ccccc2)c1C#N. The smallest absolute Gasteiger partial charge is 0.132 e. The number of hydrogen-bond donors (Lipinski definition) is 0. The minimum Gasteiger partial charge on any atom is -0.487 e. The van der Waals surface area contributed by atoms with Gasteiger partial charge in [-0.3, -0.25) is 0 Å². The van der Waals surface area contributed by atoms with Gasteiger partial charge in [0.1, 0.15) is 29.8 Å². The molecule has 0 bridgehead atoms. The van der Waals surface area contributed by atoms with Crippen LogP contribution in [0.2, 0.25) is 0 Å². The summed E-state index contributed by atoms with van der Waals surface area (Å²) in [5.74, 6) is 0.390. The molecule has 2 aromatic carbocycles. The molecule has 0 saturated carbocycles. The van der Waals surface area contributed by atoms with E-state index in [1.807, 2.05) is 30.3 Å². The Bertz CT molecular complexity index is 848. The van der Waals surface area contributed by atoms with E-state index >= 15 is 0 Å². The molecule has 5 heteroatoms. The van der Waals surface area contributed by atoms with Gasteiger partial charge in [0.15, 0.2) is 0 Å². The molecule has 23 heavy (non-hydrogen) atoms. The predicted octanol–water partition coefficient (Wildman–Crippen LogP) is 3.77. The Morgan fingerprint density at radius 3 is 2.48 bits per heavy atom. The van der Waals surface area contributed by atoms with Crippen molar-refractivity contribution in [1.82, 2.24) is 9.78 Å². The Kier molecular flexibility index (Phi) is 4.07. The molecule has 0 aliphatic heterocycles. The number of rotatable bonds is 4. The van der Waals surface area contributed by atoms with E-state index in [4.69, 9.17) is 4.74 Å². The molecule has 1 heterocycles. The third kappa shape index (κ3) is 3.06. The minimum atomic E-state index is -0.319. The van der Waals surface area contributed by atoms with Crippen LogP contribution in [-0.2, 0) is 6.61 Å². The molecule has 0 amide bonds. The van der Waals surface area contributed by atoms with Crippen LogP contribution in [0.15, 0.2) is 54.6 Å². The Morgan fingerprint density at radius 2 is 1.83 bits per heavy atom. The van der Waals surface area contributed by atoms with Crippen LogP contribution in [0.3, 0.4) is 0 Å². The van der Waals surface area contributed by atoms with E-state index < -0.39 is 0 Å². The van der Waals surface area contributed by atoms with Gasteiger partial charge in [-0.05, 0) is 43.3 Å². The second kappa shape index (κ2) is 6.32. The lowest BCUT2D eigenvalue weighted by Gasteiger charge is -2.10. The summed E-state index contributed by atoms with van der Waals surface area (Å²) in [6.45, 7) is 1.97. The van der Waals surface area contributed by atoms with E-state index in [2.05, 4.69) is 11.2 Å². The summed E-state index contributed by atoms with van der Waals surface area (Å²) in [6, 6.07) is 17.5. The van der Waals surface area contributed by atoms with Crippen molar-refractivity contribution in [3.05, 3.63) is 77.4 Å². The molecule has 0 spiro atoms. The summed E-state index contributed by atoms with van der Waals surface area (Å²) < 4.78 is 20.5. The van der Waals surface area contributed by atoms with Gasteiger partial charge in [-0.15, -0.1) is 0 Å². The number of aromatic nitrogens is 2. The minimum absolute atomic E-state index is 0.200. The van der Waals surface area contributed by atoms with E-state index in [-0.39, 0.29) is 12.4 Å². The molecular formula is C18H14FN3O. The van der Waals surface area contributed by atoms with E-state index in [0.29, 0.717) is 28.4 Å². The molecular weight excluding hydrogens is 293 g/mol. The van der Waals surface area contributed by atoms with Crippen molar-refractivity contribution < 1.29 is 9.13 Å². The molecule has 4 nitrogen and oxygen atoms in total. The lowest BCUT2D eigenvalue weighted by Crippen LogP contribution is -2.07. The van der Waals surface area contributed by atoms with Gasteiger partial charge in [-0.2, -0.15) is 10.4 Å². The quantitative estimate of drug-likeness (QED) is 0.737. The fraction of sp³-hybridized carbons (Fsp3) is 0.111. The molecule has 114 valence electrons. The summed E-state index contributed by atoms with van der Waals surface area (Å²) >= 11 is 0. The highest BCUT2D eigenvalue weighted by molar-refractivity contribution is 5.43. The maximum absolute atomic E-state index is 13.1. The third-order valence-electron chi connectivity index (χ3n) is 3.46. The summed E-state index contributed by atoms with van der Waals surface area (Å²) in [4.78, 5) is 0. The van der Waals surface area contributed by atoms with Crippen LogP contribution in [0.5, 0.6) is 5.75 Å². The van der Waals surface area contributed by atoms with Gasteiger partial charge >= 0.3 is 0 Å². The third-order valence-corrected chi connectivity index (χ3v) is 3.46. The van der Waals surface area contributed by atoms with Crippen molar-refractivity contribution in [1.29, 1.82) is 5.26 Å². The van der Waals surface area contributed by atoms with Gasteiger partial charge in [0.25, 0.3) is 0 Å². The fourth-order valence-corrected chi connectivity index (χ4v) is 2.32. The first-order chi connectivity index (χ1) is 11.2. The molecule has 3 aromatic rings. The summed E-state index contributed by atoms with van der Waals surface area (Å²) in [5, 5.41) is 13.8. The number of benzene rings is 2. The zero-order chi connectivity index (χ0) is 16.2. The highest BCUT2D eigenvalue weighted by Crippen LogP contribution is 2.20. The molecule has 0 fully saturated rings. The summed E-state index contributed by atoms with van der Waals surface area (Å²) in [6.07, 6.45) is 0. The number of aryl methyl sites for hydroxylation is 1. The van der Waals surface area contributed by atoms with E-state index in [0.717, 1.165) is 0 Å². The van der Waals surface area contributed by atoms with Crippen LogP contribution in [0.25, 0.3) is 5.69 Å². The Hall–Kier alpha value is -3.13. The van der Waals surface area contributed by atoms with Gasteiger partial charge in [0.05, 0.1) is 17.1 Å². The van der Waals surface area contributed by atoms with E-state index in [1.165, 1.54) is 12.1 Å². The monoisotopic (exact) mass is 307 g/mol. The standard InChI is InChI=1S/C18H14FN3O/c1-13-17(11-20)18(12-23-16-5-3-2-4-6-16)22(21-13)15-9-7-14(19)8-10-15/h2-10H,12H2,1H3. The van der Waals surface area contributed by atoms with Crippen LogP contribution in [0.1, 0.15) is 17.0 Å². The van der Waals surface area contributed by atoms with Crippen molar-refractivity contribution in [2.45, 2.75) is 13.5 Å². The number of para-hydroxylation sites is 1. The molecule has 0 atom stereocenters. The summed E-state index contributed by atoms with van der Waals surface area (Å²) in [5.41, 5.74) is 2.41.